The Morgan fingerprint density at radius 3 is 2.50 bits per heavy atom. The molecule has 1 heterocycles. The minimum atomic E-state index is 1.11. The molecule has 1 aromatic heterocycles. The highest BCUT2D eigenvalue weighted by molar-refractivity contribution is 5.84. The molecule has 0 radical (unpaired) electrons. The molecule has 0 aliphatic rings. The van der Waals surface area contributed by atoms with Crippen LogP contribution in [0.4, 0.5) is 0 Å². The van der Waals surface area contributed by atoms with Crippen molar-refractivity contribution >= 4 is 10.9 Å². The number of hydrogen-bond donors (Lipinski definition) is 1. The smallest absolute Gasteiger partial charge is 0.0458 e. The molecule has 2 nitrogen and oxygen atoms in total. The Kier molecular flexibility index (Phi) is 5.93. The third kappa shape index (κ3) is 3.36. The Bertz CT molecular complexity index is 471. The number of rotatable bonds is 4. The van der Waals surface area contributed by atoms with Crippen LogP contribution in [0.3, 0.4) is 0 Å². The summed E-state index contributed by atoms with van der Waals surface area (Å²) in [6.07, 6.45) is 1.13. The first kappa shape index (κ1) is 14.8. The van der Waals surface area contributed by atoms with Crippen molar-refractivity contribution in [3.8, 4) is 0 Å². The minimum Gasteiger partial charge on any atom is -0.358 e. The number of aryl methyl sites for hydroxylation is 1. The molecular formula is C16H26N2. The molecule has 0 aliphatic carbocycles. The summed E-state index contributed by atoms with van der Waals surface area (Å²) >= 11 is 0. The van der Waals surface area contributed by atoms with Crippen molar-refractivity contribution < 1.29 is 0 Å². The van der Waals surface area contributed by atoms with Crippen LogP contribution in [-0.4, -0.2) is 30.0 Å². The molecule has 2 rings (SSSR count). The molecule has 0 spiro atoms. The second-order valence-corrected chi connectivity index (χ2v) is 4.42. The van der Waals surface area contributed by atoms with E-state index in [1.54, 1.807) is 0 Å². The molecule has 0 unspecified atom stereocenters. The van der Waals surface area contributed by atoms with E-state index in [1.165, 1.54) is 22.2 Å². The minimum absolute atomic E-state index is 1.11. The van der Waals surface area contributed by atoms with Gasteiger partial charge in [-0.3, -0.25) is 0 Å². The van der Waals surface area contributed by atoms with E-state index in [0.29, 0.717) is 0 Å². The predicted molar refractivity (Wildman–Crippen MR) is 81.3 cm³/mol. The quantitative estimate of drug-likeness (QED) is 0.864. The molecule has 0 fully saturated rings. The lowest BCUT2D eigenvalue weighted by Crippen LogP contribution is -2.20. The summed E-state index contributed by atoms with van der Waals surface area (Å²) in [5, 5.41) is 1.38. The van der Waals surface area contributed by atoms with Gasteiger partial charge in [0.25, 0.3) is 0 Å². The first-order chi connectivity index (χ1) is 8.72. The topological polar surface area (TPSA) is 19.0 Å². The number of benzene rings is 1. The Hall–Kier alpha value is -1.28. The molecule has 2 heteroatoms. The third-order valence-electron chi connectivity index (χ3n) is 3.31. The van der Waals surface area contributed by atoms with Crippen LogP contribution in [0.15, 0.2) is 24.3 Å². The fourth-order valence-electron chi connectivity index (χ4n) is 2.12. The predicted octanol–water partition coefficient (Wildman–Crippen LogP) is 4.00. The van der Waals surface area contributed by atoms with Gasteiger partial charge in [0.05, 0.1) is 0 Å². The van der Waals surface area contributed by atoms with Gasteiger partial charge in [0.2, 0.25) is 0 Å². The molecule has 2 aromatic rings. The lowest BCUT2D eigenvalue weighted by atomic mass is 10.1. The van der Waals surface area contributed by atoms with Crippen LogP contribution >= 0.6 is 0 Å². The van der Waals surface area contributed by atoms with Gasteiger partial charge in [0.15, 0.2) is 0 Å². The van der Waals surface area contributed by atoms with Crippen molar-refractivity contribution in [2.75, 3.05) is 20.1 Å². The zero-order valence-corrected chi connectivity index (χ0v) is 12.4. The molecule has 100 valence electrons. The van der Waals surface area contributed by atoms with Gasteiger partial charge in [-0.05, 0) is 38.6 Å². The monoisotopic (exact) mass is 246 g/mol. The molecule has 0 aliphatic heterocycles. The molecule has 18 heavy (non-hydrogen) atoms. The molecule has 0 saturated heterocycles. The second-order valence-electron chi connectivity index (χ2n) is 4.42. The maximum absolute atomic E-state index is 3.45. The Balaban J connectivity index is 0.000000771. The Morgan fingerprint density at radius 1 is 1.17 bits per heavy atom. The normalized spacial score (nSPS) is 10.6. The van der Waals surface area contributed by atoms with Crippen LogP contribution < -0.4 is 0 Å². The Morgan fingerprint density at radius 2 is 1.83 bits per heavy atom. The highest BCUT2D eigenvalue weighted by Crippen LogP contribution is 2.22. The van der Waals surface area contributed by atoms with Crippen molar-refractivity contribution in [3.63, 3.8) is 0 Å². The van der Waals surface area contributed by atoms with E-state index in [-0.39, 0.29) is 0 Å². The molecule has 0 amide bonds. The molecule has 1 N–H and O–H groups in total. The molecule has 0 bridgehead atoms. The highest BCUT2D eigenvalue weighted by Gasteiger charge is 2.07. The summed E-state index contributed by atoms with van der Waals surface area (Å²) in [6, 6.07) is 8.55. The first-order valence-corrected chi connectivity index (χ1v) is 6.97. The van der Waals surface area contributed by atoms with Crippen molar-refractivity contribution in [1.82, 2.24) is 9.88 Å². The van der Waals surface area contributed by atoms with Crippen LogP contribution in [0, 0.1) is 6.92 Å². The SMILES string of the molecule is CC.CCN(C)CCc1c(C)[nH]c2ccccc12. The fraction of sp³-hybridized carbons (Fsp3) is 0.500. The number of hydrogen-bond acceptors (Lipinski definition) is 1. The van der Waals surface area contributed by atoms with Crippen LogP contribution in [0.5, 0.6) is 0 Å². The lowest BCUT2D eigenvalue weighted by Gasteiger charge is -2.13. The standard InChI is InChI=1S/C14H20N2.C2H6/c1-4-16(3)10-9-12-11(2)15-14-8-6-5-7-13(12)14;1-2/h5-8,15H,4,9-10H2,1-3H3;1-2H3. The van der Waals surface area contributed by atoms with Crippen LogP contribution in [0.1, 0.15) is 32.0 Å². The maximum atomic E-state index is 3.45. The summed E-state index contributed by atoms with van der Waals surface area (Å²) in [6.45, 7) is 10.6. The van der Waals surface area contributed by atoms with Crippen molar-refractivity contribution in [2.45, 2.75) is 34.1 Å². The van der Waals surface area contributed by atoms with Gasteiger partial charge < -0.3 is 9.88 Å². The number of nitrogens with one attached hydrogen (secondary N) is 1. The van der Waals surface area contributed by atoms with E-state index in [1.807, 2.05) is 13.8 Å². The van der Waals surface area contributed by atoms with E-state index in [2.05, 4.69) is 55.0 Å². The summed E-state index contributed by atoms with van der Waals surface area (Å²) in [7, 11) is 2.17. The zero-order chi connectivity index (χ0) is 13.5. The van der Waals surface area contributed by atoms with Gasteiger partial charge in [0, 0.05) is 23.1 Å². The van der Waals surface area contributed by atoms with Gasteiger partial charge in [-0.2, -0.15) is 0 Å². The average Bonchev–Trinajstić information content (AvgIpc) is 2.74. The fourth-order valence-corrected chi connectivity index (χ4v) is 2.12. The number of fused-ring (bicyclic) bond motifs is 1. The zero-order valence-electron chi connectivity index (χ0n) is 12.4. The second kappa shape index (κ2) is 7.22. The average molecular weight is 246 g/mol. The van der Waals surface area contributed by atoms with Gasteiger partial charge in [-0.25, -0.2) is 0 Å². The van der Waals surface area contributed by atoms with Crippen molar-refractivity contribution in [1.29, 1.82) is 0 Å². The molecule has 1 aromatic carbocycles. The number of aromatic nitrogens is 1. The van der Waals surface area contributed by atoms with E-state index < -0.39 is 0 Å². The lowest BCUT2D eigenvalue weighted by molar-refractivity contribution is 0.358. The van der Waals surface area contributed by atoms with Crippen molar-refractivity contribution in [2.24, 2.45) is 0 Å². The van der Waals surface area contributed by atoms with Gasteiger partial charge in [-0.15, -0.1) is 0 Å². The molecular weight excluding hydrogens is 220 g/mol. The summed E-state index contributed by atoms with van der Waals surface area (Å²) in [4.78, 5) is 5.80. The van der Waals surface area contributed by atoms with Crippen LogP contribution in [-0.2, 0) is 6.42 Å². The van der Waals surface area contributed by atoms with E-state index in [4.69, 9.17) is 0 Å². The molecule has 0 saturated carbocycles. The maximum Gasteiger partial charge on any atom is 0.0458 e. The van der Waals surface area contributed by atoms with E-state index in [0.717, 1.165) is 19.5 Å². The van der Waals surface area contributed by atoms with Crippen LogP contribution in [0.2, 0.25) is 0 Å². The summed E-state index contributed by atoms with van der Waals surface area (Å²) < 4.78 is 0. The first-order valence-electron chi connectivity index (χ1n) is 6.97. The number of nitrogens with zero attached hydrogens (tertiary/aromatic N) is 1. The third-order valence-corrected chi connectivity index (χ3v) is 3.31. The largest absolute Gasteiger partial charge is 0.358 e. The summed E-state index contributed by atoms with van der Waals surface area (Å²) in [5.41, 5.74) is 4.04. The van der Waals surface area contributed by atoms with Crippen molar-refractivity contribution in [3.05, 3.63) is 35.5 Å². The van der Waals surface area contributed by atoms with Gasteiger partial charge in [0.1, 0.15) is 0 Å². The number of aromatic amines is 1. The summed E-state index contributed by atoms with van der Waals surface area (Å²) in [5.74, 6) is 0. The van der Waals surface area contributed by atoms with Gasteiger partial charge in [-0.1, -0.05) is 39.0 Å². The van der Waals surface area contributed by atoms with Crippen LogP contribution in [0.25, 0.3) is 10.9 Å². The number of para-hydroxylation sites is 1. The number of likely N-dealkylation sites (N-methyl/N-ethyl adjacent to an activating group) is 1. The number of H-pyrrole nitrogens is 1. The van der Waals surface area contributed by atoms with E-state index >= 15 is 0 Å². The van der Waals surface area contributed by atoms with E-state index in [9.17, 15) is 0 Å². The highest BCUT2D eigenvalue weighted by atomic mass is 15.1. The van der Waals surface area contributed by atoms with Gasteiger partial charge >= 0.3 is 0 Å². The molecule has 0 atom stereocenters. The Labute approximate surface area is 111 Å².